The van der Waals surface area contributed by atoms with Crippen molar-refractivity contribution in [2.45, 2.75) is 51.1 Å². The van der Waals surface area contributed by atoms with Crippen LogP contribution in [0.4, 0.5) is 0 Å². The van der Waals surface area contributed by atoms with Gasteiger partial charge in [0, 0.05) is 38.8 Å². The van der Waals surface area contributed by atoms with Crippen molar-refractivity contribution in [1.82, 2.24) is 15.5 Å². The average molecular weight is 310 g/mol. The van der Waals surface area contributed by atoms with E-state index < -0.39 is 0 Å². The lowest BCUT2D eigenvalue weighted by atomic mass is 10.2. The van der Waals surface area contributed by atoms with Crippen LogP contribution in [0.15, 0.2) is 4.99 Å². The second-order valence-electron chi connectivity index (χ2n) is 6.44. The lowest BCUT2D eigenvalue weighted by molar-refractivity contribution is -0.144. The molecule has 1 heterocycles. The molecule has 126 valence electrons. The molecular weight excluding hydrogens is 280 g/mol. The molecule has 0 amide bonds. The van der Waals surface area contributed by atoms with E-state index in [1.165, 1.54) is 39.3 Å². The third-order valence-corrected chi connectivity index (χ3v) is 4.80. The molecule has 2 aliphatic rings. The maximum atomic E-state index is 11.4. The fourth-order valence-electron chi connectivity index (χ4n) is 3.43. The number of nitrogens with zero attached hydrogens (tertiary/aromatic N) is 2. The van der Waals surface area contributed by atoms with Crippen LogP contribution >= 0.6 is 0 Å². The minimum atomic E-state index is -0.198. The first-order valence-corrected chi connectivity index (χ1v) is 8.43. The van der Waals surface area contributed by atoms with Crippen molar-refractivity contribution in [3.05, 3.63) is 0 Å². The predicted octanol–water partition coefficient (Wildman–Crippen LogP) is 0.977. The monoisotopic (exact) mass is 310 g/mol. The Morgan fingerprint density at radius 1 is 1.36 bits per heavy atom. The largest absolute Gasteiger partial charge is 0.469 e. The Hall–Kier alpha value is -1.30. The number of likely N-dealkylation sites (tertiary alicyclic amines) is 1. The summed E-state index contributed by atoms with van der Waals surface area (Å²) in [5.41, 5.74) is 0. The molecule has 0 aromatic heterocycles. The van der Waals surface area contributed by atoms with E-state index in [2.05, 4.69) is 20.5 Å². The van der Waals surface area contributed by atoms with E-state index in [-0.39, 0.29) is 11.9 Å². The molecule has 2 unspecified atom stereocenters. The summed E-state index contributed by atoms with van der Waals surface area (Å²) in [6.07, 6.45) is 6.64. The highest BCUT2D eigenvalue weighted by molar-refractivity contribution is 5.81. The molecule has 1 aliphatic heterocycles. The Morgan fingerprint density at radius 3 is 2.73 bits per heavy atom. The molecule has 2 N–H and O–H groups in total. The zero-order chi connectivity index (χ0) is 15.9. The zero-order valence-corrected chi connectivity index (χ0v) is 14.1. The van der Waals surface area contributed by atoms with E-state index in [0.29, 0.717) is 12.6 Å². The van der Waals surface area contributed by atoms with E-state index in [4.69, 9.17) is 4.74 Å². The highest BCUT2D eigenvalue weighted by atomic mass is 16.5. The molecule has 6 heteroatoms. The second-order valence-corrected chi connectivity index (χ2v) is 6.44. The van der Waals surface area contributed by atoms with Crippen molar-refractivity contribution < 1.29 is 9.53 Å². The van der Waals surface area contributed by atoms with Gasteiger partial charge in [-0.05, 0) is 19.3 Å². The SMILES string of the molecule is CN=C(NCC(C)C(=O)OC)NC1CCN(C2CCCC2)C1. The van der Waals surface area contributed by atoms with Gasteiger partial charge in [-0.25, -0.2) is 0 Å². The number of esters is 1. The average Bonchev–Trinajstić information content (AvgIpc) is 3.20. The van der Waals surface area contributed by atoms with Gasteiger partial charge < -0.3 is 15.4 Å². The standard InChI is InChI=1S/C16H30N4O2/c1-12(15(21)22-3)10-18-16(17-2)19-13-8-9-20(11-13)14-6-4-5-7-14/h12-14H,4-11H2,1-3H3,(H2,17,18,19). The predicted molar refractivity (Wildman–Crippen MR) is 87.9 cm³/mol. The normalized spacial score (nSPS) is 25.2. The smallest absolute Gasteiger partial charge is 0.310 e. The Morgan fingerprint density at radius 2 is 2.09 bits per heavy atom. The van der Waals surface area contributed by atoms with E-state index in [1.54, 1.807) is 7.05 Å². The molecule has 0 radical (unpaired) electrons. The number of nitrogens with one attached hydrogen (secondary N) is 2. The van der Waals surface area contributed by atoms with Gasteiger partial charge in [-0.3, -0.25) is 14.7 Å². The third kappa shape index (κ3) is 4.60. The summed E-state index contributed by atoms with van der Waals surface area (Å²) in [6.45, 7) is 4.66. The zero-order valence-electron chi connectivity index (χ0n) is 14.1. The molecule has 0 aromatic rings. The number of guanidine groups is 1. The molecule has 0 spiro atoms. The number of carbonyl (C=O) groups excluding carboxylic acids is 1. The fourth-order valence-corrected chi connectivity index (χ4v) is 3.43. The van der Waals surface area contributed by atoms with E-state index in [9.17, 15) is 4.79 Å². The molecule has 2 fully saturated rings. The highest BCUT2D eigenvalue weighted by Gasteiger charge is 2.30. The number of aliphatic imine (C=N–C) groups is 1. The number of hydrogen-bond acceptors (Lipinski definition) is 4. The topological polar surface area (TPSA) is 66.0 Å². The van der Waals surface area contributed by atoms with Gasteiger partial charge in [-0.1, -0.05) is 19.8 Å². The molecule has 1 saturated heterocycles. The maximum absolute atomic E-state index is 11.4. The second kappa shape index (κ2) is 8.36. The third-order valence-electron chi connectivity index (χ3n) is 4.80. The summed E-state index contributed by atoms with van der Waals surface area (Å²) < 4.78 is 4.74. The van der Waals surface area contributed by atoms with Gasteiger partial charge in [0.2, 0.25) is 0 Å². The molecule has 6 nitrogen and oxygen atoms in total. The molecule has 22 heavy (non-hydrogen) atoms. The molecular formula is C16H30N4O2. The van der Waals surface area contributed by atoms with Crippen molar-refractivity contribution in [3.63, 3.8) is 0 Å². The van der Waals surface area contributed by atoms with Crippen LogP contribution in [0.1, 0.15) is 39.0 Å². The van der Waals surface area contributed by atoms with Crippen LogP contribution in [0.2, 0.25) is 0 Å². The first kappa shape index (κ1) is 17.1. The molecule has 2 rings (SSSR count). The van der Waals surface area contributed by atoms with Gasteiger partial charge in [0.05, 0.1) is 13.0 Å². The Kier molecular flexibility index (Phi) is 6.49. The Balaban J connectivity index is 1.73. The van der Waals surface area contributed by atoms with Crippen molar-refractivity contribution in [3.8, 4) is 0 Å². The summed E-state index contributed by atoms with van der Waals surface area (Å²) in [6, 6.07) is 1.24. The van der Waals surface area contributed by atoms with Crippen LogP contribution in [0.5, 0.6) is 0 Å². The summed E-state index contributed by atoms with van der Waals surface area (Å²) in [5, 5.41) is 6.69. The number of carbonyl (C=O) groups is 1. The van der Waals surface area contributed by atoms with Gasteiger partial charge in [0.15, 0.2) is 5.96 Å². The maximum Gasteiger partial charge on any atom is 0.310 e. The number of hydrogen-bond donors (Lipinski definition) is 2. The summed E-state index contributed by atoms with van der Waals surface area (Å²) in [7, 11) is 3.18. The van der Waals surface area contributed by atoms with Crippen molar-refractivity contribution >= 4 is 11.9 Å². The summed E-state index contributed by atoms with van der Waals surface area (Å²) in [5.74, 6) is 0.396. The van der Waals surface area contributed by atoms with E-state index >= 15 is 0 Å². The van der Waals surface area contributed by atoms with Gasteiger partial charge in [0.25, 0.3) is 0 Å². The first-order valence-electron chi connectivity index (χ1n) is 8.43. The number of rotatable bonds is 5. The van der Waals surface area contributed by atoms with Crippen molar-refractivity contribution in [2.24, 2.45) is 10.9 Å². The van der Waals surface area contributed by atoms with Crippen LogP contribution in [-0.2, 0) is 9.53 Å². The van der Waals surface area contributed by atoms with Crippen LogP contribution in [-0.4, -0.2) is 62.7 Å². The molecule has 1 saturated carbocycles. The van der Waals surface area contributed by atoms with E-state index in [1.807, 2.05) is 6.92 Å². The molecule has 0 bridgehead atoms. The van der Waals surface area contributed by atoms with Gasteiger partial charge in [0.1, 0.15) is 0 Å². The molecule has 2 atom stereocenters. The fraction of sp³-hybridized carbons (Fsp3) is 0.875. The summed E-state index contributed by atoms with van der Waals surface area (Å²) >= 11 is 0. The van der Waals surface area contributed by atoms with Crippen LogP contribution in [0, 0.1) is 5.92 Å². The summed E-state index contributed by atoms with van der Waals surface area (Å²) in [4.78, 5) is 18.3. The molecule has 1 aliphatic carbocycles. The van der Waals surface area contributed by atoms with E-state index in [0.717, 1.165) is 25.0 Å². The Labute approximate surface area is 133 Å². The Bertz CT molecular complexity index is 394. The van der Waals surface area contributed by atoms with Crippen LogP contribution < -0.4 is 10.6 Å². The van der Waals surface area contributed by atoms with Crippen molar-refractivity contribution in [1.29, 1.82) is 0 Å². The van der Waals surface area contributed by atoms with Gasteiger partial charge in [-0.2, -0.15) is 0 Å². The quantitative estimate of drug-likeness (QED) is 0.450. The lowest BCUT2D eigenvalue weighted by Crippen LogP contribution is -2.46. The lowest BCUT2D eigenvalue weighted by Gasteiger charge is -2.24. The number of ether oxygens (including phenoxy) is 1. The first-order chi connectivity index (χ1) is 10.6. The minimum absolute atomic E-state index is 0.179. The van der Waals surface area contributed by atoms with Crippen LogP contribution in [0.3, 0.4) is 0 Å². The van der Waals surface area contributed by atoms with Crippen molar-refractivity contribution in [2.75, 3.05) is 33.8 Å². The highest BCUT2D eigenvalue weighted by Crippen LogP contribution is 2.26. The molecule has 0 aromatic carbocycles. The number of methoxy groups -OCH3 is 1. The van der Waals surface area contributed by atoms with Gasteiger partial charge in [-0.15, -0.1) is 0 Å². The van der Waals surface area contributed by atoms with Crippen LogP contribution in [0.25, 0.3) is 0 Å². The van der Waals surface area contributed by atoms with Gasteiger partial charge >= 0.3 is 5.97 Å². The minimum Gasteiger partial charge on any atom is -0.469 e.